The lowest BCUT2D eigenvalue weighted by atomic mass is 9.91. The maximum Gasteiger partial charge on any atom is 0.269 e. The summed E-state index contributed by atoms with van der Waals surface area (Å²) >= 11 is 0. The molecule has 1 aliphatic carbocycles. The first-order valence-corrected chi connectivity index (χ1v) is 5.33. The van der Waals surface area contributed by atoms with Gasteiger partial charge in [-0.25, -0.2) is 0 Å². The highest BCUT2D eigenvalue weighted by Crippen LogP contribution is 2.17. The van der Waals surface area contributed by atoms with Crippen LogP contribution in [-0.2, 0) is 0 Å². The summed E-state index contributed by atoms with van der Waals surface area (Å²) in [5, 5.41) is 9.31. The van der Waals surface area contributed by atoms with Crippen molar-refractivity contribution in [1.82, 2.24) is 15.5 Å². The molecule has 0 saturated heterocycles. The third kappa shape index (κ3) is 2.36. The number of rotatable bonds is 2. The second kappa shape index (κ2) is 4.44. The number of nitrogens with two attached hydrogens (primary N) is 1. The zero-order chi connectivity index (χ0) is 10.7. The van der Waals surface area contributed by atoms with Gasteiger partial charge in [0.2, 0.25) is 0 Å². The number of carbonyl (C=O) groups is 1. The fourth-order valence-electron chi connectivity index (χ4n) is 1.97. The van der Waals surface area contributed by atoms with E-state index in [1.165, 1.54) is 0 Å². The highest BCUT2D eigenvalue weighted by molar-refractivity contribution is 5.92. The highest BCUT2D eigenvalue weighted by atomic mass is 16.2. The molecule has 2 unspecified atom stereocenters. The van der Waals surface area contributed by atoms with Crippen LogP contribution in [0.4, 0.5) is 0 Å². The van der Waals surface area contributed by atoms with Crippen molar-refractivity contribution in [1.29, 1.82) is 0 Å². The van der Waals surface area contributed by atoms with E-state index in [2.05, 4.69) is 15.5 Å². The van der Waals surface area contributed by atoms with Crippen LogP contribution in [0.2, 0.25) is 0 Å². The quantitative estimate of drug-likeness (QED) is 0.658. The third-order valence-electron chi connectivity index (χ3n) is 2.88. The fourth-order valence-corrected chi connectivity index (χ4v) is 1.97. The first kappa shape index (κ1) is 10.2. The van der Waals surface area contributed by atoms with Gasteiger partial charge in [0.15, 0.2) is 0 Å². The van der Waals surface area contributed by atoms with E-state index in [1.807, 2.05) is 0 Å². The number of hydrogen-bond donors (Lipinski definition) is 3. The Balaban J connectivity index is 1.93. The molecule has 1 saturated carbocycles. The van der Waals surface area contributed by atoms with Crippen molar-refractivity contribution in [3.63, 3.8) is 0 Å². The van der Waals surface area contributed by atoms with E-state index in [9.17, 15) is 4.79 Å². The molecule has 0 bridgehead atoms. The van der Waals surface area contributed by atoms with Gasteiger partial charge in [-0.15, -0.1) is 0 Å². The number of aromatic nitrogens is 2. The van der Waals surface area contributed by atoms with E-state index in [1.54, 1.807) is 12.3 Å². The van der Waals surface area contributed by atoms with E-state index in [0.29, 0.717) is 5.69 Å². The third-order valence-corrected chi connectivity index (χ3v) is 2.88. The Bertz CT molecular complexity index is 322. The average Bonchev–Trinajstić information content (AvgIpc) is 2.74. The minimum Gasteiger partial charge on any atom is -0.346 e. The Morgan fingerprint density at radius 2 is 2.33 bits per heavy atom. The van der Waals surface area contributed by atoms with Crippen LogP contribution in [0, 0.1) is 0 Å². The number of amides is 1. The Morgan fingerprint density at radius 3 is 3.00 bits per heavy atom. The molecule has 1 fully saturated rings. The van der Waals surface area contributed by atoms with Crippen molar-refractivity contribution in [2.24, 2.45) is 5.73 Å². The van der Waals surface area contributed by atoms with Crippen molar-refractivity contribution in [2.45, 2.75) is 37.8 Å². The van der Waals surface area contributed by atoms with Gasteiger partial charge in [-0.1, -0.05) is 12.8 Å². The SMILES string of the molecule is NC1CCCCC1NC(=O)c1ccn[nH]1. The maximum atomic E-state index is 11.7. The molecule has 5 nitrogen and oxygen atoms in total. The van der Waals surface area contributed by atoms with Crippen LogP contribution in [0.15, 0.2) is 12.3 Å². The largest absolute Gasteiger partial charge is 0.346 e. The van der Waals surface area contributed by atoms with E-state index in [-0.39, 0.29) is 18.0 Å². The molecule has 1 aromatic rings. The molecule has 82 valence electrons. The Morgan fingerprint density at radius 1 is 1.53 bits per heavy atom. The predicted octanol–water partition coefficient (Wildman–Crippen LogP) is 0.409. The summed E-state index contributed by atoms with van der Waals surface area (Å²) in [6.07, 6.45) is 5.84. The van der Waals surface area contributed by atoms with E-state index < -0.39 is 0 Å². The summed E-state index contributed by atoms with van der Waals surface area (Å²) in [5.41, 5.74) is 6.43. The summed E-state index contributed by atoms with van der Waals surface area (Å²) in [6.45, 7) is 0. The zero-order valence-corrected chi connectivity index (χ0v) is 8.57. The molecule has 1 amide bonds. The summed E-state index contributed by atoms with van der Waals surface area (Å²) in [5.74, 6) is -0.116. The van der Waals surface area contributed by atoms with Gasteiger partial charge in [0.25, 0.3) is 5.91 Å². The van der Waals surface area contributed by atoms with Crippen molar-refractivity contribution < 1.29 is 4.79 Å². The van der Waals surface area contributed by atoms with Gasteiger partial charge in [-0.3, -0.25) is 9.89 Å². The molecule has 0 spiro atoms. The number of hydrogen-bond acceptors (Lipinski definition) is 3. The second-order valence-electron chi connectivity index (χ2n) is 4.00. The van der Waals surface area contributed by atoms with Crippen molar-refractivity contribution in [3.8, 4) is 0 Å². The number of carbonyl (C=O) groups excluding carboxylic acids is 1. The van der Waals surface area contributed by atoms with Crippen LogP contribution in [0.3, 0.4) is 0 Å². The van der Waals surface area contributed by atoms with Crippen LogP contribution < -0.4 is 11.1 Å². The molecule has 1 aromatic heterocycles. The smallest absolute Gasteiger partial charge is 0.269 e. The first-order chi connectivity index (χ1) is 7.27. The van der Waals surface area contributed by atoms with Crippen LogP contribution in [0.5, 0.6) is 0 Å². The summed E-state index contributed by atoms with van der Waals surface area (Å²) in [7, 11) is 0. The van der Waals surface area contributed by atoms with Gasteiger partial charge in [0.05, 0.1) is 0 Å². The van der Waals surface area contributed by atoms with Gasteiger partial charge in [0, 0.05) is 18.3 Å². The van der Waals surface area contributed by atoms with Gasteiger partial charge in [-0.05, 0) is 18.9 Å². The molecule has 2 atom stereocenters. The van der Waals surface area contributed by atoms with Crippen molar-refractivity contribution in [2.75, 3.05) is 0 Å². The number of H-pyrrole nitrogens is 1. The first-order valence-electron chi connectivity index (χ1n) is 5.33. The number of nitrogens with zero attached hydrogens (tertiary/aromatic N) is 1. The molecule has 5 heteroatoms. The fraction of sp³-hybridized carbons (Fsp3) is 0.600. The van der Waals surface area contributed by atoms with E-state index in [4.69, 9.17) is 5.73 Å². The summed E-state index contributed by atoms with van der Waals surface area (Å²) < 4.78 is 0. The second-order valence-corrected chi connectivity index (χ2v) is 4.00. The molecule has 4 N–H and O–H groups in total. The topological polar surface area (TPSA) is 83.8 Å². The molecule has 1 heterocycles. The Kier molecular flexibility index (Phi) is 3.01. The van der Waals surface area contributed by atoms with Crippen molar-refractivity contribution >= 4 is 5.91 Å². The van der Waals surface area contributed by atoms with Gasteiger partial charge in [0.1, 0.15) is 5.69 Å². The lowest BCUT2D eigenvalue weighted by Crippen LogP contribution is -2.49. The minimum absolute atomic E-state index is 0.0885. The maximum absolute atomic E-state index is 11.7. The molecule has 0 aliphatic heterocycles. The monoisotopic (exact) mass is 208 g/mol. The van der Waals surface area contributed by atoms with Crippen LogP contribution >= 0.6 is 0 Å². The Hall–Kier alpha value is -1.36. The summed E-state index contributed by atoms with van der Waals surface area (Å²) in [6, 6.07) is 1.85. The minimum atomic E-state index is -0.116. The molecule has 2 rings (SSSR count). The lowest BCUT2D eigenvalue weighted by Gasteiger charge is -2.29. The predicted molar refractivity (Wildman–Crippen MR) is 56.3 cm³/mol. The zero-order valence-electron chi connectivity index (χ0n) is 8.57. The normalized spacial score (nSPS) is 26.2. The van der Waals surface area contributed by atoms with Crippen molar-refractivity contribution in [3.05, 3.63) is 18.0 Å². The average molecular weight is 208 g/mol. The van der Waals surface area contributed by atoms with Crippen LogP contribution in [0.1, 0.15) is 36.2 Å². The van der Waals surface area contributed by atoms with Gasteiger partial charge >= 0.3 is 0 Å². The number of aromatic amines is 1. The molecule has 0 aromatic carbocycles. The van der Waals surface area contributed by atoms with E-state index >= 15 is 0 Å². The van der Waals surface area contributed by atoms with Crippen LogP contribution in [-0.4, -0.2) is 28.2 Å². The van der Waals surface area contributed by atoms with Crippen LogP contribution in [0.25, 0.3) is 0 Å². The standard InChI is InChI=1S/C10H16N4O/c11-7-3-1-2-4-8(7)13-10(15)9-5-6-12-14-9/h5-8H,1-4,11H2,(H,12,14)(H,13,15). The molecule has 1 aliphatic rings. The molecule has 0 radical (unpaired) electrons. The van der Waals surface area contributed by atoms with Gasteiger partial charge < -0.3 is 11.1 Å². The summed E-state index contributed by atoms with van der Waals surface area (Å²) in [4.78, 5) is 11.7. The Labute approximate surface area is 88.4 Å². The highest BCUT2D eigenvalue weighted by Gasteiger charge is 2.23. The van der Waals surface area contributed by atoms with Gasteiger partial charge in [-0.2, -0.15) is 5.10 Å². The molecular formula is C10H16N4O. The number of nitrogens with one attached hydrogen (secondary N) is 2. The molecular weight excluding hydrogens is 192 g/mol. The lowest BCUT2D eigenvalue weighted by molar-refractivity contribution is 0.0916. The van der Waals surface area contributed by atoms with E-state index in [0.717, 1.165) is 25.7 Å². The molecule has 15 heavy (non-hydrogen) atoms.